The van der Waals surface area contributed by atoms with E-state index in [1.807, 2.05) is 6.07 Å². The number of nitriles is 1. The summed E-state index contributed by atoms with van der Waals surface area (Å²) in [5.41, 5.74) is 6.24. The first kappa shape index (κ1) is 16.7. The van der Waals surface area contributed by atoms with E-state index in [0.717, 1.165) is 11.8 Å². The zero-order valence-corrected chi connectivity index (χ0v) is 13.2. The van der Waals surface area contributed by atoms with Crippen molar-refractivity contribution in [1.29, 1.82) is 5.26 Å². The Morgan fingerprint density at radius 2 is 2.22 bits per heavy atom. The van der Waals surface area contributed by atoms with Crippen molar-refractivity contribution in [3.05, 3.63) is 47.4 Å². The Morgan fingerprint density at radius 1 is 1.48 bits per heavy atom. The fourth-order valence-corrected chi connectivity index (χ4v) is 2.50. The van der Waals surface area contributed by atoms with Crippen molar-refractivity contribution in [1.82, 2.24) is 14.9 Å². The Labute approximate surface area is 137 Å². The minimum Gasteiger partial charge on any atom is -0.382 e. The molecular weight excluding hydrogens is 317 g/mol. The van der Waals surface area contributed by atoms with Gasteiger partial charge in [0, 0.05) is 19.2 Å². The van der Waals surface area contributed by atoms with E-state index < -0.39 is 0 Å². The third kappa shape index (κ3) is 4.40. The lowest BCUT2D eigenvalue weighted by molar-refractivity contribution is -0.127. The summed E-state index contributed by atoms with van der Waals surface area (Å²) in [5.74, 6) is -0.360. The van der Waals surface area contributed by atoms with Gasteiger partial charge in [-0.25, -0.2) is 14.4 Å². The topological polar surface area (TPSA) is 95.9 Å². The quantitative estimate of drug-likeness (QED) is 0.663. The minimum absolute atomic E-state index is 0.0807. The van der Waals surface area contributed by atoms with Crippen molar-refractivity contribution < 1.29 is 9.18 Å². The van der Waals surface area contributed by atoms with Gasteiger partial charge in [0.2, 0.25) is 5.91 Å². The van der Waals surface area contributed by atoms with Crippen LogP contribution in [-0.2, 0) is 11.3 Å². The lowest BCUT2D eigenvalue weighted by Gasteiger charge is -2.17. The average molecular weight is 331 g/mol. The monoisotopic (exact) mass is 331 g/mol. The number of hydrogen-bond acceptors (Lipinski definition) is 6. The number of hydrogen-bond donors (Lipinski definition) is 1. The summed E-state index contributed by atoms with van der Waals surface area (Å²) in [6, 6.07) is 8.18. The molecular formula is C15H14FN5OS. The van der Waals surface area contributed by atoms with Crippen LogP contribution in [-0.4, -0.2) is 33.6 Å². The number of nitrogens with zero attached hydrogens (tertiary/aromatic N) is 4. The summed E-state index contributed by atoms with van der Waals surface area (Å²) < 4.78 is 13.6. The van der Waals surface area contributed by atoms with Crippen molar-refractivity contribution in [3.8, 4) is 6.07 Å². The highest BCUT2D eigenvalue weighted by molar-refractivity contribution is 7.99. The van der Waals surface area contributed by atoms with Crippen molar-refractivity contribution in [2.75, 3.05) is 18.5 Å². The Kier molecular flexibility index (Phi) is 5.49. The number of anilines is 1. The lowest BCUT2D eigenvalue weighted by Crippen LogP contribution is -2.28. The molecule has 1 heterocycles. The molecule has 0 atom stereocenters. The van der Waals surface area contributed by atoms with Gasteiger partial charge in [0.15, 0.2) is 5.16 Å². The molecule has 0 aliphatic carbocycles. The number of benzene rings is 1. The molecule has 2 rings (SSSR count). The molecule has 8 heteroatoms. The van der Waals surface area contributed by atoms with Gasteiger partial charge in [-0.1, -0.05) is 30.0 Å². The number of amides is 1. The number of carbonyl (C=O) groups excluding carboxylic acids is 1. The maximum Gasteiger partial charge on any atom is 0.233 e. The predicted molar refractivity (Wildman–Crippen MR) is 84.8 cm³/mol. The van der Waals surface area contributed by atoms with Crippen LogP contribution in [0.15, 0.2) is 35.6 Å². The van der Waals surface area contributed by atoms with Crippen molar-refractivity contribution >= 4 is 23.5 Å². The molecule has 1 aromatic heterocycles. The minimum atomic E-state index is -0.344. The Hall–Kier alpha value is -2.66. The van der Waals surface area contributed by atoms with E-state index in [4.69, 9.17) is 11.0 Å². The van der Waals surface area contributed by atoms with Gasteiger partial charge in [0.25, 0.3) is 0 Å². The first-order valence-corrected chi connectivity index (χ1v) is 7.62. The summed E-state index contributed by atoms with van der Waals surface area (Å²) in [7, 11) is 1.60. The van der Waals surface area contributed by atoms with E-state index >= 15 is 0 Å². The van der Waals surface area contributed by atoms with Crippen LogP contribution < -0.4 is 5.73 Å². The Bertz CT molecular complexity index is 762. The van der Waals surface area contributed by atoms with E-state index in [-0.39, 0.29) is 35.4 Å². The molecule has 6 nitrogen and oxygen atoms in total. The van der Waals surface area contributed by atoms with Crippen molar-refractivity contribution in [2.24, 2.45) is 0 Å². The normalized spacial score (nSPS) is 10.1. The molecule has 118 valence electrons. The van der Waals surface area contributed by atoms with Gasteiger partial charge in [-0.05, 0) is 6.07 Å². The van der Waals surface area contributed by atoms with Crippen LogP contribution in [0.3, 0.4) is 0 Å². The van der Waals surface area contributed by atoms with Crippen LogP contribution >= 0.6 is 11.8 Å². The molecule has 0 fully saturated rings. The smallest absolute Gasteiger partial charge is 0.233 e. The maximum atomic E-state index is 13.6. The second-order valence-corrected chi connectivity index (χ2v) is 5.64. The summed E-state index contributed by atoms with van der Waals surface area (Å²) in [5, 5.41) is 9.07. The van der Waals surface area contributed by atoms with Gasteiger partial charge < -0.3 is 10.6 Å². The van der Waals surface area contributed by atoms with E-state index in [1.54, 1.807) is 25.2 Å². The Morgan fingerprint density at radius 3 is 2.87 bits per heavy atom. The first-order valence-electron chi connectivity index (χ1n) is 6.64. The molecule has 1 amide bonds. The second-order valence-electron chi connectivity index (χ2n) is 4.69. The number of nitrogens with two attached hydrogens (primary N) is 1. The van der Waals surface area contributed by atoms with Crippen molar-refractivity contribution in [2.45, 2.75) is 11.7 Å². The van der Waals surface area contributed by atoms with Gasteiger partial charge >= 0.3 is 0 Å². The predicted octanol–water partition coefficient (Wildman–Crippen LogP) is 1.82. The maximum absolute atomic E-state index is 13.6. The zero-order chi connectivity index (χ0) is 16.8. The number of nitrogen functional groups attached to an aromatic ring is 1. The fourth-order valence-electron chi connectivity index (χ4n) is 1.74. The number of carbonyl (C=O) groups is 1. The first-order chi connectivity index (χ1) is 11.0. The number of aromatic nitrogens is 2. The van der Waals surface area contributed by atoms with Crippen LogP contribution in [0.5, 0.6) is 0 Å². The van der Waals surface area contributed by atoms with E-state index in [9.17, 15) is 9.18 Å². The molecule has 1 aromatic carbocycles. The lowest BCUT2D eigenvalue weighted by atomic mass is 10.2. The number of rotatable bonds is 5. The summed E-state index contributed by atoms with van der Waals surface area (Å²) >= 11 is 1.11. The molecule has 23 heavy (non-hydrogen) atoms. The molecule has 0 bridgehead atoms. The van der Waals surface area contributed by atoms with Crippen LogP contribution in [0, 0.1) is 17.1 Å². The highest BCUT2D eigenvalue weighted by atomic mass is 32.2. The van der Waals surface area contributed by atoms with Crippen LogP contribution in [0.25, 0.3) is 0 Å². The summed E-state index contributed by atoms with van der Waals surface area (Å²) in [4.78, 5) is 21.4. The van der Waals surface area contributed by atoms with Gasteiger partial charge in [-0.3, -0.25) is 4.79 Å². The highest BCUT2D eigenvalue weighted by Gasteiger charge is 2.13. The van der Waals surface area contributed by atoms with Gasteiger partial charge in [0.05, 0.1) is 11.9 Å². The van der Waals surface area contributed by atoms with E-state index in [2.05, 4.69) is 9.97 Å². The van der Waals surface area contributed by atoms with Crippen molar-refractivity contribution in [3.63, 3.8) is 0 Å². The molecule has 2 aromatic rings. The standard InChI is InChI=1S/C15H14FN5OS/c1-21(8-10-4-2-3-5-12(10)16)13(22)9-23-15-19-7-11(6-17)14(18)20-15/h2-5,7H,8-9H2,1H3,(H2,18,19,20). The average Bonchev–Trinajstić information content (AvgIpc) is 2.54. The van der Waals surface area contributed by atoms with E-state index in [1.165, 1.54) is 17.2 Å². The third-order valence-corrected chi connectivity index (χ3v) is 3.88. The zero-order valence-electron chi connectivity index (χ0n) is 12.4. The van der Waals surface area contributed by atoms with Gasteiger partial charge in [-0.2, -0.15) is 5.26 Å². The van der Waals surface area contributed by atoms with Crippen LogP contribution in [0.1, 0.15) is 11.1 Å². The Balaban J connectivity index is 1.93. The molecule has 0 aliphatic heterocycles. The fraction of sp³-hybridized carbons (Fsp3) is 0.200. The number of halogens is 1. The largest absolute Gasteiger partial charge is 0.382 e. The summed E-state index contributed by atoms with van der Waals surface area (Å²) in [6.45, 7) is 0.183. The van der Waals surface area contributed by atoms with Gasteiger partial charge in [-0.15, -0.1) is 0 Å². The second kappa shape index (κ2) is 7.56. The van der Waals surface area contributed by atoms with Gasteiger partial charge in [0.1, 0.15) is 23.3 Å². The molecule has 0 saturated carbocycles. The van der Waals surface area contributed by atoms with E-state index in [0.29, 0.717) is 10.7 Å². The number of thioether (sulfide) groups is 1. The summed E-state index contributed by atoms with van der Waals surface area (Å²) in [6.07, 6.45) is 1.32. The highest BCUT2D eigenvalue weighted by Crippen LogP contribution is 2.17. The van der Waals surface area contributed by atoms with Crippen LogP contribution in [0.4, 0.5) is 10.2 Å². The molecule has 0 unspecified atom stereocenters. The molecule has 0 radical (unpaired) electrons. The SMILES string of the molecule is CN(Cc1ccccc1F)C(=O)CSc1ncc(C#N)c(N)n1. The molecule has 0 saturated heterocycles. The van der Waals surface area contributed by atoms with Crippen LogP contribution in [0.2, 0.25) is 0 Å². The molecule has 2 N–H and O–H groups in total. The third-order valence-electron chi connectivity index (χ3n) is 3.03. The molecule has 0 spiro atoms. The molecule has 0 aliphatic rings.